The van der Waals surface area contributed by atoms with E-state index in [4.69, 9.17) is 4.98 Å². The van der Waals surface area contributed by atoms with Crippen molar-refractivity contribution in [3.8, 4) is 0 Å². The normalized spacial score (nSPS) is 30.7. The van der Waals surface area contributed by atoms with Gasteiger partial charge >= 0.3 is 0 Å². The second-order valence-corrected chi connectivity index (χ2v) is 9.62. The van der Waals surface area contributed by atoms with Crippen molar-refractivity contribution in [2.24, 2.45) is 4.99 Å². The van der Waals surface area contributed by atoms with Crippen LogP contribution in [0.1, 0.15) is 25.3 Å². The summed E-state index contributed by atoms with van der Waals surface area (Å²) in [5.74, 6) is 2.12. The summed E-state index contributed by atoms with van der Waals surface area (Å²) in [6.45, 7) is 9.54. The molecule has 0 radical (unpaired) electrons. The van der Waals surface area contributed by atoms with Crippen LogP contribution in [0.4, 0.5) is 5.82 Å². The number of rotatable bonds is 5. The zero-order valence-electron chi connectivity index (χ0n) is 19.3. The van der Waals surface area contributed by atoms with E-state index in [1.54, 1.807) is 0 Å². The van der Waals surface area contributed by atoms with E-state index in [9.17, 15) is 5.21 Å². The first-order valence-electron chi connectivity index (χ1n) is 12.0. The fourth-order valence-electron chi connectivity index (χ4n) is 5.43. The topological polar surface area (TPSA) is 82.1 Å². The molecule has 32 heavy (non-hydrogen) atoms. The largest absolute Gasteiger partial charge is 0.632 e. The molecule has 9 heteroatoms. The Bertz CT molecular complexity index is 863. The number of nitrogens with one attached hydrogen (secondary N) is 2. The smallest absolute Gasteiger partial charge is 0.174 e. The Balaban J connectivity index is 1.32. The Labute approximate surface area is 190 Å². The number of piperazine rings is 1. The van der Waals surface area contributed by atoms with Crippen LogP contribution >= 0.6 is 0 Å². The van der Waals surface area contributed by atoms with Gasteiger partial charge in [0.2, 0.25) is 0 Å². The van der Waals surface area contributed by atoms with E-state index < -0.39 is 0 Å². The summed E-state index contributed by atoms with van der Waals surface area (Å²) in [4.78, 5) is 16.4. The van der Waals surface area contributed by atoms with Crippen molar-refractivity contribution in [1.29, 1.82) is 0 Å². The Kier molecular flexibility index (Phi) is 6.07. The van der Waals surface area contributed by atoms with Gasteiger partial charge in [-0.2, -0.15) is 0 Å². The number of quaternary nitrogens is 1. The maximum absolute atomic E-state index is 14.1. The number of aliphatic imine (C=N–C) groups is 1. The Morgan fingerprint density at radius 3 is 2.81 bits per heavy atom. The fraction of sp³-hybridized carbons (Fsp3) is 0.652. The fourth-order valence-corrected chi connectivity index (χ4v) is 5.43. The van der Waals surface area contributed by atoms with Crippen molar-refractivity contribution in [2.45, 2.75) is 38.6 Å². The number of hydrogen-bond donors (Lipinski definition) is 2. The molecule has 0 bridgehead atoms. The van der Waals surface area contributed by atoms with Gasteiger partial charge in [-0.25, -0.2) is 4.98 Å². The first-order chi connectivity index (χ1) is 15.5. The minimum atomic E-state index is -0.255. The second kappa shape index (κ2) is 8.97. The van der Waals surface area contributed by atoms with Crippen molar-refractivity contribution in [2.75, 3.05) is 64.3 Å². The lowest BCUT2D eigenvalue weighted by Crippen LogP contribution is -2.49. The molecule has 174 valence electrons. The maximum Gasteiger partial charge on any atom is 0.174 e. The van der Waals surface area contributed by atoms with Crippen molar-refractivity contribution >= 4 is 12.0 Å². The third-order valence-corrected chi connectivity index (χ3v) is 7.13. The summed E-state index contributed by atoms with van der Waals surface area (Å²) in [5.41, 5.74) is 2.04. The van der Waals surface area contributed by atoms with Crippen LogP contribution in [0.2, 0.25) is 0 Å². The van der Waals surface area contributed by atoms with Crippen molar-refractivity contribution < 1.29 is 4.65 Å². The van der Waals surface area contributed by atoms with Crippen LogP contribution in [0.15, 0.2) is 34.7 Å². The lowest BCUT2D eigenvalue weighted by Gasteiger charge is -2.43. The summed E-state index contributed by atoms with van der Waals surface area (Å²) in [6.07, 6.45) is 5.92. The molecule has 1 aromatic heterocycles. The molecule has 0 aromatic carbocycles. The van der Waals surface area contributed by atoms with Crippen LogP contribution in [0, 0.1) is 5.21 Å². The number of aromatic nitrogens is 1. The summed E-state index contributed by atoms with van der Waals surface area (Å²) < 4.78 is -0.255. The molecule has 1 aromatic rings. The van der Waals surface area contributed by atoms with E-state index in [2.05, 4.69) is 56.4 Å². The monoisotopic (exact) mass is 440 g/mol. The highest BCUT2D eigenvalue weighted by Crippen LogP contribution is 2.32. The predicted molar refractivity (Wildman–Crippen MR) is 127 cm³/mol. The van der Waals surface area contributed by atoms with Gasteiger partial charge < -0.3 is 29.9 Å². The van der Waals surface area contributed by atoms with Gasteiger partial charge in [0.15, 0.2) is 6.29 Å². The van der Waals surface area contributed by atoms with Gasteiger partial charge in [-0.15, -0.1) is 0 Å². The highest BCUT2D eigenvalue weighted by molar-refractivity contribution is 5.81. The molecule has 2 unspecified atom stereocenters. The van der Waals surface area contributed by atoms with E-state index >= 15 is 0 Å². The molecule has 0 saturated carbocycles. The molecule has 2 N–H and O–H groups in total. The quantitative estimate of drug-likeness (QED) is 0.520. The number of nitrogens with zero attached hydrogens (tertiary/aromatic N) is 6. The Morgan fingerprint density at radius 1 is 1.22 bits per heavy atom. The minimum Gasteiger partial charge on any atom is -0.632 e. The molecule has 9 nitrogen and oxygen atoms in total. The number of likely N-dealkylation sites (N-methyl/N-ethyl adjacent to an activating group) is 1. The molecule has 3 atom stereocenters. The SMILES string of the molecule is CCN[C@H]1N=CC2=C(N1)N1CCCC1C[N+]([O-])(Cc1ccc(N3CCN(C)CC3)nc1)C2. The van der Waals surface area contributed by atoms with Crippen LogP contribution in [-0.4, -0.2) is 97.4 Å². The van der Waals surface area contributed by atoms with Crippen LogP contribution < -0.4 is 15.5 Å². The standard InChI is InChI=1S/C23H36N8O/c1-3-24-23-26-14-19-16-31(32,17-20-5-4-8-30(20)22(19)27-23)15-18-6-7-21(25-13-18)29-11-9-28(2)10-12-29/h6-7,13-14,20,23-24,27H,3-5,8-12,15-17H2,1-2H3/t20?,23-,31?/m0/s1. The highest BCUT2D eigenvalue weighted by Gasteiger charge is 2.39. The number of pyridine rings is 1. The minimum absolute atomic E-state index is 0.113. The van der Waals surface area contributed by atoms with Crippen molar-refractivity contribution in [1.82, 2.24) is 25.4 Å². The average molecular weight is 441 g/mol. The van der Waals surface area contributed by atoms with E-state index in [1.165, 1.54) is 0 Å². The molecule has 2 fully saturated rings. The van der Waals surface area contributed by atoms with E-state index in [-0.39, 0.29) is 17.0 Å². The molecule has 2 saturated heterocycles. The summed E-state index contributed by atoms with van der Waals surface area (Å²) in [6, 6.07) is 4.46. The van der Waals surface area contributed by atoms with E-state index in [1.807, 2.05) is 12.4 Å². The van der Waals surface area contributed by atoms with Gasteiger partial charge in [0.05, 0.1) is 18.2 Å². The van der Waals surface area contributed by atoms with Gasteiger partial charge in [-0.1, -0.05) is 6.92 Å². The van der Waals surface area contributed by atoms with Gasteiger partial charge in [-0.05, 0) is 38.6 Å². The van der Waals surface area contributed by atoms with Crippen molar-refractivity contribution in [3.63, 3.8) is 0 Å². The number of fused-ring (bicyclic) bond motifs is 2. The molecule has 0 aliphatic carbocycles. The Hall–Kier alpha value is -2.20. The van der Waals surface area contributed by atoms with Gasteiger partial charge in [-0.3, -0.25) is 10.3 Å². The van der Waals surface area contributed by atoms with E-state index in [0.29, 0.717) is 19.6 Å². The molecular weight excluding hydrogens is 404 g/mol. The summed E-state index contributed by atoms with van der Waals surface area (Å²) in [5, 5.41) is 21.0. The summed E-state index contributed by atoms with van der Waals surface area (Å²) in [7, 11) is 2.16. The van der Waals surface area contributed by atoms with Gasteiger partial charge in [0.1, 0.15) is 24.7 Å². The average Bonchev–Trinajstić information content (AvgIpc) is 3.19. The molecule has 5 rings (SSSR count). The summed E-state index contributed by atoms with van der Waals surface area (Å²) >= 11 is 0. The zero-order valence-corrected chi connectivity index (χ0v) is 19.3. The third kappa shape index (κ3) is 4.47. The number of anilines is 1. The predicted octanol–water partition coefficient (Wildman–Crippen LogP) is 0.905. The van der Waals surface area contributed by atoms with Crippen molar-refractivity contribution in [3.05, 3.63) is 40.5 Å². The molecular formula is C23H36N8O. The molecule has 5 heterocycles. The highest BCUT2D eigenvalue weighted by atomic mass is 16.5. The Morgan fingerprint density at radius 2 is 2.06 bits per heavy atom. The zero-order chi connectivity index (χ0) is 22.1. The lowest BCUT2D eigenvalue weighted by atomic mass is 10.1. The van der Waals surface area contributed by atoms with Crippen LogP contribution in [-0.2, 0) is 6.54 Å². The van der Waals surface area contributed by atoms with Crippen LogP contribution in [0.3, 0.4) is 0 Å². The van der Waals surface area contributed by atoms with Crippen LogP contribution in [0.25, 0.3) is 0 Å². The third-order valence-electron chi connectivity index (χ3n) is 7.13. The second-order valence-electron chi connectivity index (χ2n) is 9.62. The maximum atomic E-state index is 14.1. The number of hydroxylamine groups is 3. The first kappa shape index (κ1) is 21.6. The van der Waals surface area contributed by atoms with Gasteiger partial charge in [0.25, 0.3) is 0 Å². The lowest BCUT2D eigenvalue weighted by molar-refractivity contribution is -0.890. The molecule has 0 spiro atoms. The van der Waals surface area contributed by atoms with Gasteiger partial charge in [0, 0.05) is 50.7 Å². The number of hydrogen-bond acceptors (Lipinski definition) is 8. The van der Waals surface area contributed by atoms with Crippen LogP contribution in [0.5, 0.6) is 0 Å². The molecule has 0 amide bonds. The van der Waals surface area contributed by atoms with E-state index in [0.717, 1.165) is 74.9 Å². The molecule has 4 aliphatic heterocycles. The molecule has 4 aliphatic rings. The first-order valence-corrected chi connectivity index (χ1v) is 12.0.